The lowest BCUT2D eigenvalue weighted by atomic mass is 10.2. The number of rotatable bonds is 7. The lowest BCUT2D eigenvalue weighted by molar-refractivity contribution is -0.121. The van der Waals surface area contributed by atoms with Crippen LogP contribution in [0.25, 0.3) is 22.4 Å². The lowest BCUT2D eigenvalue weighted by Crippen LogP contribution is -2.23. The van der Waals surface area contributed by atoms with Gasteiger partial charge in [-0.3, -0.25) is 4.79 Å². The fraction of sp³-hybridized carbons (Fsp3) is 0.125. The fourth-order valence-electron chi connectivity index (χ4n) is 3.32. The minimum absolute atomic E-state index is 0.0225. The van der Waals surface area contributed by atoms with Crippen LogP contribution < -0.4 is 14.9 Å². The Bertz CT molecular complexity index is 1330. The number of carbonyl (C=O) groups is 1. The Kier molecular flexibility index (Phi) is 6.82. The number of aromatic nitrogens is 2. The average Bonchev–Trinajstić information content (AvgIpc) is 3.16. The van der Waals surface area contributed by atoms with Gasteiger partial charge in [-0.15, -0.1) is 0 Å². The van der Waals surface area contributed by atoms with E-state index in [2.05, 4.69) is 15.5 Å². The second kappa shape index (κ2) is 9.94. The monoisotopic (exact) mass is 482 g/mol. The van der Waals surface area contributed by atoms with E-state index < -0.39 is 0 Å². The molecular formula is C24H20Cl2N4O3. The van der Waals surface area contributed by atoms with Crippen LogP contribution in [0.3, 0.4) is 0 Å². The molecule has 0 bridgehead atoms. The maximum Gasteiger partial charge on any atom is 0.260 e. The molecule has 0 atom stereocenters. The number of hydrogen-bond donors (Lipinski definition) is 1. The predicted molar refractivity (Wildman–Crippen MR) is 130 cm³/mol. The standard InChI is InChI=1S/C24H20Cl2N4O3/c1-32-17-8-6-16(7-9-17)24-28-21-11-19(25)20(26)12-22(21)30(24)14-23(31)29-27-13-15-4-3-5-18(10-15)33-2/h3-13H,14H2,1-2H3,(H,29,31). The summed E-state index contributed by atoms with van der Waals surface area (Å²) in [4.78, 5) is 17.4. The van der Waals surface area contributed by atoms with E-state index in [0.717, 1.165) is 16.9 Å². The van der Waals surface area contributed by atoms with Crippen molar-refractivity contribution in [2.24, 2.45) is 5.10 Å². The van der Waals surface area contributed by atoms with Crippen LogP contribution in [-0.4, -0.2) is 35.9 Å². The number of methoxy groups -OCH3 is 2. The van der Waals surface area contributed by atoms with Gasteiger partial charge in [-0.2, -0.15) is 5.10 Å². The van der Waals surface area contributed by atoms with Crippen molar-refractivity contribution in [3.05, 3.63) is 76.3 Å². The molecule has 3 aromatic carbocycles. The summed E-state index contributed by atoms with van der Waals surface area (Å²) in [5, 5.41) is 4.83. The van der Waals surface area contributed by atoms with Crippen LogP contribution in [0.5, 0.6) is 11.5 Å². The van der Waals surface area contributed by atoms with Gasteiger partial charge in [-0.1, -0.05) is 35.3 Å². The number of carbonyl (C=O) groups excluding carboxylic acids is 1. The maximum atomic E-state index is 12.7. The highest BCUT2D eigenvalue weighted by Crippen LogP contribution is 2.32. The molecule has 0 radical (unpaired) electrons. The van der Waals surface area contributed by atoms with Crippen LogP contribution in [0.4, 0.5) is 0 Å². The molecule has 0 aliphatic heterocycles. The Morgan fingerprint density at radius 1 is 1.03 bits per heavy atom. The number of halogens is 2. The molecule has 9 heteroatoms. The molecular weight excluding hydrogens is 463 g/mol. The second-order valence-electron chi connectivity index (χ2n) is 7.07. The normalized spacial score (nSPS) is 11.2. The Balaban J connectivity index is 1.62. The third-order valence-corrected chi connectivity index (χ3v) is 5.66. The van der Waals surface area contributed by atoms with Gasteiger partial charge < -0.3 is 14.0 Å². The summed E-state index contributed by atoms with van der Waals surface area (Å²) in [6.45, 7) is -0.0225. The first kappa shape index (κ1) is 22.6. The molecule has 1 aromatic heterocycles. The van der Waals surface area contributed by atoms with E-state index in [9.17, 15) is 4.79 Å². The largest absolute Gasteiger partial charge is 0.497 e. The van der Waals surface area contributed by atoms with E-state index in [1.807, 2.05) is 48.5 Å². The highest BCUT2D eigenvalue weighted by Gasteiger charge is 2.17. The molecule has 0 aliphatic rings. The zero-order valence-corrected chi connectivity index (χ0v) is 19.4. The van der Waals surface area contributed by atoms with Crippen molar-refractivity contribution >= 4 is 46.4 Å². The van der Waals surface area contributed by atoms with Crippen molar-refractivity contribution < 1.29 is 14.3 Å². The second-order valence-corrected chi connectivity index (χ2v) is 7.89. The van der Waals surface area contributed by atoms with Crippen LogP contribution >= 0.6 is 23.2 Å². The average molecular weight is 483 g/mol. The van der Waals surface area contributed by atoms with Crippen molar-refractivity contribution in [2.75, 3.05) is 14.2 Å². The minimum atomic E-state index is -0.325. The molecule has 0 saturated carbocycles. The first-order valence-corrected chi connectivity index (χ1v) is 10.7. The van der Waals surface area contributed by atoms with Crippen LogP contribution in [0.1, 0.15) is 5.56 Å². The first-order valence-electron chi connectivity index (χ1n) is 9.94. The van der Waals surface area contributed by atoms with E-state index >= 15 is 0 Å². The van der Waals surface area contributed by atoms with Gasteiger partial charge in [0.25, 0.3) is 5.91 Å². The molecule has 1 N–H and O–H groups in total. The van der Waals surface area contributed by atoms with Gasteiger partial charge in [0, 0.05) is 5.56 Å². The molecule has 0 aliphatic carbocycles. The van der Waals surface area contributed by atoms with Crippen molar-refractivity contribution in [1.29, 1.82) is 0 Å². The van der Waals surface area contributed by atoms with E-state index in [1.165, 1.54) is 0 Å². The highest BCUT2D eigenvalue weighted by molar-refractivity contribution is 6.42. The molecule has 4 aromatic rings. The fourth-order valence-corrected chi connectivity index (χ4v) is 3.64. The molecule has 0 saturated heterocycles. The number of hydrogen-bond acceptors (Lipinski definition) is 5. The van der Waals surface area contributed by atoms with Gasteiger partial charge in [-0.25, -0.2) is 10.4 Å². The van der Waals surface area contributed by atoms with Gasteiger partial charge in [0.15, 0.2) is 0 Å². The molecule has 33 heavy (non-hydrogen) atoms. The maximum absolute atomic E-state index is 12.7. The van der Waals surface area contributed by atoms with Crippen LogP contribution in [0.2, 0.25) is 10.0 Å². The number of hydrazone groups is 1. The SMILES string of the molecule is COc1ccc(-c2nc3cc(Cl)c(Cl)cc3n2CC(=O)NN=Cc2cccc(OC)c2)cc1. The van der Waals surface area contributed by atoms with Gasteiger partial charge >= 0.3 is 0 Å². The van der Waals surface area contributed by atoms with E-state index in [-0.39, 0.29) is 12.5 Å². The Morgan fingerprint density at radius 3 is 2.48 bits per heavy atom. The number of nitrogens with zero attached hydrogens (tertiary/aromatic N) is 3. The molecule has 0 fully saturated rings. The lowest BCUT2D eigenvalue weighted by Gasteiger charge is -2.09. The number of imidazole rings is 1. The van der Waals surface area contributed by atoms with Crippen molar-refractivity contribution in [2.45, 2.75) is 6.54 Å². The van der Waals surface area contributed by atoms with E-state index in [0.29, 0.717) is 32.7 Å². The first-order chi connectivity index (χ1) is 16.0. The third-order valence-electron chi connectivity index (χ3n) is 4.94. The Labute approximate surface area is 200 Å². The summed E-state index contributed by atoms with van der Waals surface area (Å²) >= 11 is 12.4. The van der Waals surface area contributed by atoms with Crippen molar-refractivity contribution in [3.63, 3.8) is 0 Å². The number of benzene rings is 3. The van der Waals surface area contributed by atoms with Crippen LogP contribution in [0.15, 0.2) is 65.8 Å². The smallest absolute Gasteiger partial charge is 0.260 e. The number of fused-ring (bicyclic) bond motifs is 1. The molecule has 0 unspecified atom stereocenters. The summed E-state index contributed by atoms with van der Waals surface area (Å²) in [5.74, 6) is 1.69. The predicted octanol–water partition coefficient (Wildman–Crippen LogP) is 5.18. The molecule has 7 nitrogen and oxygen atoms in total. The van der Waals surface area contributed by atoms with Crippen molar-refractivity contribution in [3.8, 4) is 22.9 Å². The summed E-state index contributed by atoms with van der Waals surface area (Å²) < 4.78 is 12.2. The summed E-state index contributed by atoms with van der Waals surface area (Å²) in [6, 6.07) is 18.1. The van der Waals surface area contributed by atoms with Gasteiger partial charge in [-0.05, 0) is 54.1 Å². The van der Waals surface area contributed by atoms with Crippen LogP contribution in [-0.2, 0) is 11.3 Å². The summed E-state index contributed by atoms with van der Waals surface area (Å²) in [5.41, 5.74) is 5.47. The molecule has 0 spiro atoms. The topological polar surface area (TPSA) is 77.7 Å². The van der Waals surface area contributed by atoms with Crippen LogP contribution in [0, 0.1) is 0 Å². The molecule has 1 heterocycles. The zero-order valence-electron chi connectivity index (χ0n) is 17.9. The Hall–Kier alpha value is -3.55. The zero-order chi connectivity index (χ0) is 23.4. The van der Waals surface area contributed by atoms with Gasteiger partial charge in [0.1, 0.15) is 23.9 Å². The number of nitrogens with one attached hydrogen (secondary N) is 1. The minimum Gasteiger partial charge on any atom is -0.497 e. The van der Waals surface area contributed by atoms with Crippen molar-refractivity contribution in [1.82, 2.24) is 15.0 Å². The highest BCUT2D eigenvalue weighted by atomic mass is 35.5. The van der Waals surface area contributed by atoms with E-state index in [1.54, 1.807) is 37.1 Å². The summed E-state index contributed by atoms with van der Waals surface area (Å²) in [7, 11) is 3.19. The number of amides is 1. The Morgan fingerprint density at radius 2 is 1.76 bits per heavy atom. The third kappa shape index (κ3) is 5.10. The summed E-state index contributed by atoms with van der Waals surface area (Å²) in [6.07, 6.45) is 1.55. The number of ether oxygens (including phenoxy) is 2. The van der Waals surface area contributed by atoms with Gasteiger partial charge in [0.05, 0.1) is 41.5 Å². The molecule has 4 rings (SSSR count). The molecule has 1 amide bonds. The van der Waals surface area contributed by atoms with Gasteiger partial charge in [0.2, 0.25) is 0 Å². The quantitative estimate of drug-likeness (QED) is 0.290. The molecule has 168 valence electrons. The van der Waals surface area contributed by atoms with E-state index in [4.69, 9.17) is 32.7 Å².